The van der Waals surface area contributed by atoms with E-state index in [0.717, 1.165) is 27.4 Å². The van der Waals surface area contributed by atoms with Crippen LogP contribution in [0, 0.1) is 0 Å². The van der Waals surface area contributed by atoms with Crippen LogP contribution in [0.15, 0.2) is 57.8 Å². The Morgan fingerprint density at radius 1 is 1.11 bits per heavy atom. The highest BCUT2D eigenvalue weighted by molar-refractivity contribution is 8.01. The number of thioether (sulfide) groups is 1. The quantitative estimate of drug-likeness (QED) is 0.247. The minimum atomic E-state index is -4.10. The average Bonchev–Trinajstić information content (AvgIpc) is 3.33. The lowest BCUT2D eigenvalue weighted by Gasteiger charge is -2.26. The molecule has 35 heavy (non-hydrogen) atoms. The van der Waals surface area contributed by atoms with Gasteiger partial charge in [0.1, 0.15) is 19.8 Å². The lowest BCUT2D eigenvalue weighted by molar-refractivity contribution is -0.137. The fraction of sp³-hybridized carbons (Fsp3) is 0.238. The van der Waals surface area contributed by atoms with E-state index in [1.807, 2.05) is 0 Å². The number of hydrogen-bond donors (Lipinski definition) is 1. The number of fused-ring (bicyclic) bond motifs is 1. The van der Waals surface area contributed by atoms with E-state index in [-0.39, 0.29) is 21.5 Å². The topological polar surface area (TPSA) is 137 Å². The molecule has 2 aromatic carbocycles. The number of sulfonamides is 1. The maximum absolute atomic E-state index is 13.5. The zero-order chi connectivity index (χ0) is 24.8. The first kappa shape index (κ1) is 24.8. The largest absolute Gasteiger partial charge is 0.486 e. The van der Waals surface area contributed by atoms with Crippen LogP contribution < -0.4 is 19.1 Å². The summed E-state index contributed by atoms with van der Waals surface area (Å²) in [5.41, 5.74) is 0.236. The molecular formula is C21H20N4O7S3. The first-order valence-corrected chi connectivity index (χ1v) is 13.4. The predicted molar refractivity (Wildman–Crippen MR) is 130 cm³/mol. The molecule has 1 aromatic heterocycles. The second-order valence-corrected chi connectivity index (χ2v) is 11.0. The van der Waals surface area contributed by atoms with E-state index < -0.39 is 28.4 Å². The molecule has 1 aliphatic rings. The highest BCUT2D eigenvalue weighted by atomic mass is 32.2. The van der Waals surface area contributed by atoms with E-state index in [4.69, 9.17) is 9.47 Å². The highest BCUT2D eigenvalue weighted by Crippen LogP contribution is 2.36. The summed E-state index contributed by atoms with van der Waals surface area (Å²) in [7, 11) is -2.81. The summed E-state index contributed by atoms with van der Waals surface area (Å²) < 4.78 is 44.1. The zero-order valence-corrected chi connectivity index (χ0v) is 20.8. The average molecular weight is 537 g/mol. The van der Waals surface area contributed by atoms with Crippen LogP contribution in [-0.2, 0) is 24.3 Å². The normalized spacial score (nSPS) is 12.6. The first-order valence-electron chi connectivity index (χ1n) is 10.2. The Morgan fingerprint density at radius 2 is 1.86 bits per heavy atom. The molecule has 184 valence electrons. The van der Waals surface area contributed by atoms with Gasteiger partial charge in [-0.15, -0.1) is 10.2 Å². The summed E-state index contributed by atoms with van der Waals surface area (Å²) in [5.74, 6) is -0.116. The molecule has 0 aliphatic carbocycles. The Hall–Kier alpha value is -3.36. The molecule has 0 unspecified atom stereocenters. The lowest BCUT2D eigenvalue weighted by atomic mass is 10.2. The molecule has 1 N–H and O–H groups in total. The standard InChI is InChI=1S/C21H20N4O7S3/c1-30-19(27)13-33-21-24-23-20(34-21)22-18(26)12-25(35(28,29)15-5-3-2-4-6-15)14-7-8-16-17(11-14)32-10-9-31-16/h2-8,11H,9-10,12-13H2,1H3,(H,22,23,26). The van der Waals surface area contributed by atoms with E-state index in [9.17, 15) is 18.0 Å². The van der Waals surface area contributed by atoms with Crippen LogP contribution in [0.25, 0.3) is 0 Å². The molecule has 4 rings (SSSR count). The Bertz CT molecular complexity index is 1320. The maximum atomic E-state index is 13.5. The molecular weight excluding hydrogens is 516 g/mol. The van der Waals surface area contributed by atoms with Gasteiger partial charge in [-0.3, -0.25) is 19.2 Å². The van der Waals surface area contributed by atoms with Crippen LogP contribution in [0.2, 0.25) is 0 Å². The van der Waals surface area contributed by atoms with Gasteiger partial charge in [-0.2, -0.15) is 0 Å². The fourth-order valence-electron chi connectivity index (χ4n) is 3.01. The molecule has 11 nitrogen and oxygen atoms in total. The summed E-state index contributed by atoms with van der Waals surface area (Å²) in [6, 6.07) is 12.5. The van der Waals surface area contributed by atoms with Crippen LogP contribution >= 0.6 is 23.1 Å². The molecule has 0 saturated heterocycles. The summed E-state index contributed by atoms with van der Waals surface area (Å²) in [6.07, 6.45) is 0. The number of anilines is 2. The highest BCUT2D eigenvalue weighted by Gasteiger charge is 2.29. The molecule has 3 aromatic rings. The smallest absolute Gasteiger partial charge is 0.316 e. The molecule has 0 fully saturated rings. The van der Waals surface area contributed by atoms with Gasteiger partial charge in [-0.1, -0.05) is 41.3 Å². The van der Waals surface area contributed by atoms with Crippen LogP contribution in [0.1, 0.15) is 0 Å². The van der Waals surface area contributed by atoms with Crippen molar-refractivity contribution in [3.8, 4) is 11.5 Å². The van der Waals surface area contributed by atoms with Crippen LogP contribution in [0.3, 0.4) is 0 Å². The van der Waals surface area contributed by atoms with Crippen molar-refractivity contribution in [3.63, 3.8) is 0 Å². The number of esters is 1. The van der Waals surface area contributed by atoms with Crippen molar-refractivity contribution < 1.29 is 32.2 Å². The van der Waals surface area contributed by atoms with Gasteiger partial charge in [-0.25, -0.2) is 8.42 Å². The molecule has 2 heterocycles. The molecule has 1 aliphatic heterocycles. The van der Waals surface area contributed by atoms with Crippen molar-refractivity contribution in [1.82, 2.24) is 10.2 Å². The van der Waals surface area contributed by atoms with Gasteiger partial charge < -0.3 is 14.2 Å². The number of carbonyl (C=O) groups excluding carboxylic acids is 2. The Morgan fingerprint density at radius 3 is 2.60 bits per heavy atom. The molecule has 0 radical (unpaired) electrons. The minimum absolute atomic E-state index is 0.0279. The number of methoxy groups -OCH3 is 1. The summed E-state index contributed by atoms with van der Waals surface area (Å²) in [4.78, 5) is 24.2. The third kappa shape index (κ3) is 6.01. The minimum Gasteiger partial charge on any atom is -0.486 e. The second kappa shape index (κ2) is 10.9. The van der Waals surface area contributed by atoms with Gasteiger partial charge >= 0.3 is 5.97 Å². The Labute approximate surface area is 209 Å². The van der Waals surface area contributed by atoms with Crippen LogP contribution in [0.5, 0.6) is 11.5 Å². The van der Waals surface area contributed by atoms with E-state index in [0.29, 0.717) is 29.1 Å². The second-order valence-electron chi connectivity index (χ2n) is 6.94. The van der Waals surface area contributed by atoms with Crippen molar-refractivity contribution in [1.29, 1.82) is 0 Å². The number of rotatable bonds is 9. The van der Waals surface area contributed by atoms with Crippen molar-refractivity contribution in [2.75, 3.05) is 42.2 Å². The predicted octanol–water partition coefficient (Wildman–Crippen LogP) is 2.41. The SMILES string of the molecule is COC(=O)CSc1nnc(NC(=O)CN(c2ccc3c(c2)OCCO3)S(=O)(=O)c2ccccc2)s1. The molecule has 14 heteroatoms. The van der Waals surface area contributed by atoms with Gasteiger partial charge in [0.2, 0.25) is 11.0 Å². The van der Waals surface area contributed by atoms with E-state index in [1.165, 1.54) is 25.3 Å². The van der Waals surface area contributed by atoms with Crippen LogP contribution in [-0.4, -0.2) is 63.1 Å². The van der Waals surface area contributed by atoms with E-state index in [2.05, 4.69) is 20.3 Å². The number of amides is 1. The zero-order valence-electron chi connectivity index (χ0n) is 18.4. The van der Waals surface area contributed by atoms with Crippen LogP contribution in [0.4, 0.5) is 10.8 Å². The van der Waals surface area contributed by atoms with Crippen molar-refractivity contribution in [3.05, 3.63) is 48.5 Å². The number of carbonyl (C=O) groups is 2. The fourth-order valence-corrected chi connectivity index (χ4v) is 6.04. The molecule has 0 bridgehead atoms. The molecule has 0 saturated carbocycles. The monoisotopic (exact) mass is 536 g/mol. The van der Waals surface area contributed by atoms with Gasteiger partial charge in [0.25, 0.3) is 10.0 Å². The Kier molecular flexibility index (Phi) is 7.73. The summed E-state index contributed by atoms with van der Waals surface area (Å²) >= 11 is 2.17. The number of aromatic nitrogens is 2. The number of ether oxygens (including phenoxy) is 3. The van der Waals surface area contributed by atoms with Crippen molar-refractivity contribution in [2.24, 2.45) is 0 Å². The van der Waals surface area contributed by atoms with Crippen molar-refractivity contribution in [2.45, 2.75) is 9.24 Å². The lowest BCUT2D eigenvalue weighted by Crippen LogP contribution is -2.38. The maximum Gasteiger partial charge on any atom is 0.316 e. The number of benzene rings is 2. The third-order valence-corrected chi connectivity index (χ3v) is 8.36. The van der Waals surface area contributed by atoms with Gasteiger partial charge in [0.15, 0.2) is 15.8 Å². The number of nitrogens with one attached hydrogen (secondary N) is 1. The molecule has 0 atom stereocenters. The third-order valence-electron chi connectivity index (χ3n) is 4.63. The summed E-state index contributed by atoms with van der Waals surface area (Å²) in [6.45, 7) is 0.194. The molecule has 1 amide bonds. The number of hydrogen-bond acceptors (Lipinski definition) is 11. The van der Waals surface area contributed by atoms with E-state index in [1.54, 1.807) is 30.3 Å². The first-order chi connectivity index (χ1) is 16.9. The van der Waals surface area contributed by atoms with Crippen molar-refractivity contribution >= 4 is 55.8 Å². The van der Waals surface area contributed by atoms with Gasteiger partial charge in [0, 0.05) is 6.07 Å². The van der Waals surface area contributed by atoms with Gasteiger partial charge in [-0.05, 0) is 24.3 Å². The molecule has 0 spiro atoms. The summed E-state index contributed by atoms with van der Waals surface area (Å²) in [5, 5.41) is 10.5. The Balaban J connectivity index is 1.56. The number of nitrogens with zero attached hydrogens (tertiary/aromatic N) is 3. The van der Waals surface area contributed by atoms with E-state index >= 15 is 0 Å². The van der Waals surface area contributed by atoms with Gasteiger partial charge in [0.05, 0.1) is 23.4 Å².